The first-order valence-corrected chi connectivity index (χ1v) is 3.48. The van der Waals surface area contributed by atoms with Crippen LogP contribution in [0, 0.1) is 6.92 Å². The maximum Gasteiger partial charge on any atom is 0 e. The van der Waals surface area contributed by atoms with Gasteiger partial charge in [-0.3, -0.25) is 0 Å². The minimum Gasteiger partial charge on any atom is -1.00 e. The molecule has 13 heavy (non-hydrogen) atoms. The fraction of sp³-hybridized carbons (Fsp3) is 0.100. The quantitative estimate of drug-likeness (QED) is 0.336. The molecule has 0 saturated carbocycles. The summed E-state index contributed by atoms with van der Waals surface area (Å²) in [4.78, 5) is 0. The molecule has 0 saturated heterocycles. The Morgan fingerprint density at radius 1 is 1.08 bits per heavy atom. The van der Waals surface area contributed by atoms with E-state index in [1.165, 1.54) is 16.3 Å². The van der Waals surface area contributed by atoms with Crippen LogP contribution >= 0.6 is 0 Å². The summed E-state index contributed by atoms with van der Waals surface area (Å²) in [6.07, 6.45) is 0. The van der Waals surface area contributed by atoms with Crippen LogP contribution in [0.15, 0.2) is 36.4 Å². The fourth-order valence-electron chi connectivity index (χ4n) is 1.31. The van der Waals surface area contributed by atoms with E-state index in [2.05, 4.69) is 43.3 Å². The van der Waals surface area contributed by atoms with E-state index < -0.39 is 0 Å². The summed E-state index contributed by atoms with van der Waals surface area (Å²) in [7, 11) is 0. The molecule has 0 heterocycles. The maximum absolute atomic E-state index is 2.20. The second-order valence-corrected chi connectivity index (χ2v) is 2.66. The third-order valence-corrected chi connectivity index (χ3v) is 1.76. The van der Waals surface area contributed by atoms with Gasteiger partial charge in [0.1, 0.15) is 0 Å². The molecule has 0 atom stereocenters. The first-order chi connectivity index (χ1) is 4.86. The average molecular weight is 379 g/mol. The van der Waals surface area contributed by atoms with E-state index in [1.807, 2.05) is 0 Å². The number of hydrogen-bond acceptors (Lipinski definition) is 0. The van der Waals surface area contributed by atoms with Crippen molar-refractivity contribution in [3.05, 3.63) is 42.0 Å². The van der Waals surface area contributed by atoms with E-state index in [1.54, 1.807) is 0 Å². The van der Waals surface area contributed by atoms with Gasteiger partial charge in [-0.2, -0.15) is 6.07 Å². The second-order valence-electron chi connectivity index (χ2n) is 2.66. The molecule has 0 nitrogen and oxygen atoms in total. The largest absolute Gasteiger partial charge is 1.00 e. The Morgan fingerprint density at radius 3 is 2.31 bits per heavy atom. The van der Waals surface area contributed by atoms with E-state index in [-0.39, 0.29) is 50.7 Å². The Hall–Kier alpha value is 0.280. The predicted octanol–water partition coefficient (Wildman–Crippen LogP) is -3.13. The van der Waals surface area contributed by atoms with Gasteiger partial charge in [-0.25, -0.2) is 0 Å². The van der Waals surface area contributed by atoms with Gasteiger partial charge in [0, 0.05) is 25.8 Å². The molecule has 0 amide bonds. The Labute approximate surface area is 110 Å². The van der Waals surface area contributed by atoms with Crippen molar-refractivity contribution >= 4 is 10.8 Å². The Morgan fingerprint density at radius 2 is 1.69 bits per heavy atom. The summed E-state index contributed by atoms with van der Waals surface area (Å²) >= 11 is 0. The van der Waals surface area contributed by atoms with Crippen molar-refractivity contribution in [2.45, 2.75) is 6.92 Å². The third kappa shape index (κ3) is 3.49. The van der Waals surface area contributed by atoms with Gasteiger partial charge < -0.3 is 24.8 Å². The minimum atomic E-state index is 0. The summed E-state index contributed by atoms with van der Waals surface area (Å²) in [5.74, 6) is 0. The number of aryl methyl sites for hydroxylation is 1. The zero-order valence-corrected chi connectivity index (χ0v) is 12.3. The fourth-order valence-corrected chi connectivity index (χ4v) is 1.31. The van der Waals surface area contributed by atoms with Gasteiger partial charge in [-0.05, 0) is 0 Å². The molecule has 2 aromatic carbocycles. The van der Waals surface area contributed by atoms with Crippen LogP contribution in [0.4, 0.5) is 0 Å². The third-order valence-electron chi connectivity index (χ3n) is 1.76. The molecular weight excluding hydrogens is 370 g/mol. The standard InChI is InChI=1S/C10H9.2ClH.Hf/c1-8-6-9-4-2-3-5-10(9)7-8;;;/h2-7H,1H3;2*1H;/q-1;;;/p-2. The van der Waals surface area contributed by atoms with Crippen LogP contribution in [-0.2, 0) is 25.8 Å². The van der Waals surface area contributed by atoms with Crippen molar-refractivity contribution in [1.29, 1.82) is 0 Å². The van der Waals surface area contributed by atoms with E-state index >= 15 is 0 Å². The number of halogens is 2. The van der Waals surface area contributed by atoms with Crippen LogP contribution in [-0.4, -0.2) is 0 Å². The molecule has 0 N–H and O–H groups in total. The molecule has 2 rings (SSSR count). The molecule has 0 unspecified atom stereocenters. The molecule has 0 aliphatic rings. The number of benzene rings is 1. The summed E-state index contributed by atoms with van der Waals surface area (Å²) in [6.45, 7) is 2.12. The van der Waals surface area contributed by atoms with Gasteiger partial charge in [-0.15, -0.1) is 40.6 Å². The van der Waals surface area contributed by atoms with Gasteiger partial charge in [0.15, 0.2) is 0 Å². The van der Waals surface area contributed by atoms with Crippen LogP contribution in [0.25, 0.3) is 10.8 Å². The number of fused-ring (bicyclic) bond motifs is 1. The molecule has 70 valence electrons. The van der Waals surface area contributed by atoms with Gasteiger partial charge in [0.05, 0.1) is 0 Å². The SMILES string of the molecule is Cc1cc2ccccc2[cH-]1.[Cl-].[Cl-].[Hf]. The second kappa shape index (κ2) is 6.69. The minimum absolute atomic E-state index is 0. The predicted molar refractivity (Wildman–Crippen MR) is 44.3 cm³/mol. The summed E-state index contributed by atoms with van der Waals surface area (Å²) < 4.78 is 0. The Balaban J connectivity index is 0. The average Bonchev–Trinajstić information content (AvgIpc) is 2.27. The van der Waals surface area contributed by atoms with Crippen molar-refractivity contribution in [2.24, 2.45) is 0 Å². The molecule has 0 aliphatic heterocycles. The molecule has 0 aromatic heterocycles. The van der Waals surface area contributed by atoms with Gasteiger partial charge in [0.2, 0.25) is 0 Å². The first kappa shape index (κ1) is 15.7. The number of rotatable bonds is 0. The maximum atomic E-state index is 2.20. The topological polar surface area (TPSA) is 0 Å². The monoisotopic (exact) mass is 379 g/mol. The van der Waals surface area contributed by atoms with E-state index in [4.69, 9.17) is 0 Å². The van der Waals surface area contributed by atoms with E-state index in [9.17, 15) is 0 Å². The van der Waals surface area contributed by atoms with Crippen molar-refractivity contribution in [2.75, 3.05) is 0 Å². The molecule has 0 fully saturated rings. The smallest absolute Gasteiger partial charge is 0 e. The summed E-state index contributed by atoms with van der Waals surface area (Å²) in [6, 6.07) is 12.8. The first-order valence-electron chi connectivity index (χ1n) is 3.48. The molecule has 0 bridgehead atoms. The normalized spacial score (nSPS) is 8.08. The van der Waals surface area contributed by atoms with E-state index in [0.29, 0.717) is 0 Å². The van der Waals surface area contributed by atoms with Crippen molar-refractivity contribution in [3.8, 4) is 0 Å². The zero-order chi connectivity index (χ0) is 6.97. The van der Waals surface area contributed by atoms with Crippen molar-refractivity contribution in [1.82, 2.24) is 0 Å². The van der Waals surface area contributed by atoms with Gasteiger partial charge in [0.25, 0.3) is 0 Å². The molecule has 3 heteroatoms. The Bertz CT molecular complexity index is 321. The van der Waals surface area contributed by atoms with Crippen LogP contribution in [0.5, 0.6) is 0 Å². The number of hydrogen-bond donors (Lipinski definition) is 0. The van der Waals surface area contributed by atoms with E-state index in [0.717, 1.165) is 0 Å². The zero-order valence-electron chi connectivity index (χ0n) is 7.22. The van der Waals surface area contributed by atoms with Crippen molar-refractivity contribution in [3.63, 3.8) is 0 Å². The van der Waals surface area contributed by atoms with Crippen LogP contribution in [0.3, 0.4) is 0 Å². The Kier molecular flexibility index (Phi) is 8.10. The molecule has 0 spiro atoms. The van der Waals surface area contributed by atoms with Gasteiger partial charge >= 0.3 is 0 Å². The summed E-state index contributed by atoms with van der Waals surface area (Å²) in [5.41, 5.74) is 1.35. The molecular formula is C10H9Cl2Hf-3. The van der Waals surface area contributed by atoms with Crippen LogP contribution < -0.4 is 24.8 Å². The summed E-state index contributed by atoms with van der Waals surface area (Å²) in [5, 5.41) is 2.69. The van der Waals surface area contributed by atoms with Crippen LogP contribution in [0.1, 0.15) is 5.56 Å². The van der Waals surface area contributed by atoms with Gasteiger partial charge in [-0.1, -0.05) is 13.0 Å². The van der Waals surface area contributed by atoms with Crippen molar-refractivity contribution < 1.29 is 50.7 Å². The van der Waals surface area contributed by atoms with Crippen LogP contribution in [0.2, 0.25) is 0 Å². The molecule has 0 aliphatic carbocycles. The molecule has 0 radical (unpaired) electrons. The molecule has 2 aromatic rings.